The third kappa shape index (κ3) is 2.75. The topological polar surface area (TPSA) is 92.8 Å². The van der Waals surface area contributed by atoms with Crippen molar-refractivity contribution in [3.05, 3.63) is 72.3 Å². The number of nitrogens with one attached hydrogen (secondary N) is 1. The summed E-state index contributed by atoms with van der Waals surface area (Å²) in [5.74, 6) is -2.08. The Bertz CT molecular complexity index is 1160. The SMILES string of the molecule is Cc1ccc(S(=O)(=O)NC[C@@]23C=C[C@@H](O2)[C@H]2C(=O)N(c4ccccc4)C(=O)[C@H]23)cc1. The van der Waals surface area contributed by atoms with Crippen molar-refractivity contribution < 1.29 is 22.7 Å². The van der Waals surface area contributed by atoms with Gasteiger partial charge in [0.2, 0.25) is 21.8 Å². The van der Waals surface area contributed by atoms with E-state index in [0.29, 0.717) is 5.69 Å². The van der Waals surface area contributed by atoms with Crippen molar-refractivity contribution in [1.82, 2.24) is 4.72 Å². The number of hydrogen-bond acceptors (Lipinski definition) is 5. The molecule has 3 aliphatic rings. The first-order valence-corrected chi connectivity index (χ1v) is 11.2. The zero-order chi connectivity index (χ0) is 21.1. The Hall–Kier alpha value is -2.81. The van der Waals surface area contributed by atoms with Crippen molar-refractivity contribution in [2.24, 2.45) is 11.8 Å². The fraction of sp³-hybridized carbons (Fsp3) is 0.273. The van der Waals surface area contributed by atoms with Gasteiger partial charge in [0.15, 0.2) is 0 Å². The molecule has 3 aliphatic heterocycles. The van der Waals surface area contributed by atoms with Crippen LogP contribution in [-0.4, -0.2) is 38.5 Å². The van der Waals surface area contributed by atoms with Crippen molar-refractivity contribution in [3.63, 3.8) is 0 Å². The van der Waals surface area contributed by atoms with Gasteiger partial charge >= 0.3 is 0 Å². The van der Waals surface area contributed by atoms with Crippen molar-refractivity contribution >= 4 is 27.5 Å². The number of hydrogen-bond donors (Lipinski definition) is 1. The van der Waals surface area contributed by atoms with E-state index >= 15 is 0 Å². The summed E-state index contributed by atoms with van der Waals surface area (Å²) in [4.78, 5) is 27.6. The Kier molecular flexibility index (Phi) is 4.22. The summed E-state index contributed by atoms with van der Waals surface area (Å²) in [5.41, 5.74) is 0.285. The van der Waals surface area contributed by atoms with Crippen LogP contribution >= 0.6 is 0 Å². The molecule has 154 valence electrons. The first-order chi connectivity index (χ1) is 14.3. The Morgan fingerprint density at radius 1 is 1.03 bits per heavy atom. The number of imide groups is 1. The number of aryl methyl sites for hydroxylation is 1. The number of carbonyl (C=O) groups is 2. The highest BCUT2D eigenvalue weighted by Gasteiger charge is 2.67. The number of sulfonamides is 1. The Labute approximate surface area is 174 Å². The van der Waals surface area contributed by atoms with E-state index in [1.165, 1.54) is 17.0 Å². The van der Waals surface area contributed by atoms with Gasteiger partial charge in [0.25, 0.3) is 0 Å². The van der Waals surface area contributed by atoms with Crippen LogP contribution in [0.4, 0.5) is 5.69 Å². The maximum Gasteiger partial charge on any atom is 0.241 e. The third-order valence-corrected chi connectivity index (χ3v) is 7.46. The second kappa shape index (κ2) is 6.60. The summed E-state index contributed by atoms with van der Waals surface area (Å²) in [7, 11) is -3.79. The van der Waals surface area contributed by atoms with Crippen LogP contribution in [0.1, 0.15) is 5.56 Å². The molecule has 0 radical (unpaired) electrons. The lowest BCUT2D eigenvalue weighted by molar-refractivity contribution is -0.126. The minimum absolute atomic E-state index is 0.126. The molecule has 0 unspecified atom stereocenters. The molecule has 0 aliphatic carbocycles. The Balaban J connectivity index is 1.43. The van der Waals surface area contributed by atoms with E-state index in [0.717, 1.165) is 5.56 Å². The standard InChI is InChI=1S/C22H20N2O5S/c1-14-7-9-16(10-8-14)30(27,28)23-13-22-12-11-17(29-22)18-19(22)21(26)24(20(18)25)15-5-3-2-4-6-15/h2-12,17-19,23H,13H2,1H3/t17-,18-,19+,22-/m1/s1. The molecule has 0 aromatic heterocycles. The fourth-order valence-corrected chi connectivity index (χ4v) is 5.62. The molecule has 3 heterocycles. The first-order valence-electron chi connectivity index (χ1n) is 9.69. The van der Waals surface area contributed by atoms with E-state index in [1.807, 2.05) is 13.0 Å². The van der Waals surface area contributed by atoms with Crippen molar-refractivity contribution in [3.8, 4) is 0 Å². The summed E-state index contributed by atoms with van der Waals surface area (Å²) >= 11 is 0. The number of ether oxygens (including phenoxy) is 1. The lowest BCUT2D eigenvalue weighted by Gasteiger charge is -2.29. The fourth-order valence-electron chi connectivity index (χ4n) is 4.55. The van der Waals surface area contributed by atoms with Crippen LogP contribution < -0.4 is 9.62 Å². The molecule has 2 aromatic rings. The van der Waals surface area contributed by atoms with Crippen LogP contribution in [-0.2, 0) is 24.3 Å². The largest absolute Gasteiger partial charge is 0.361 e. The maximum atomic E-state index is 13.2. The summed E-state index contributed by atoms with van der Waals surface area (Å²) in [5, 5.41) is 0. The highest BCUT2D eigenvalue weighted by atomic mass is 32.2. The predicted octanol–water partition coefficient (Wildman–Crippen LogP) is 1.79. The smallest absolute Gasteiger partial charge is 0.241 e. The average molecular weight is 424 g/mol. The second-order valence-electron chi connectivity index (χ2n) is 7.89. The summed E-state index contributed by atoms with van der Waals surface area (Å²) in [6, 6.07) is 15.3. The summed E-state index contributed by atoms with van der Waals surface area (Å²) in [6.45, 7) is 1.75. The van der Waals surface area contributed by atoms with Crippen LogP contribution in [0.3, 0.4) is 0 Å². The maximum absolute atomic E-state index is 13.2. The van der Waals surface area contributed by atoms with Gasteiger partial charge in [0, 0.05) is 6.54 Å². The third-order valence-electron chi connectivity index (χ3n) is 6.04. The van der Waals surface area contributed by atoms with Crippen LogP contribution in [0.25, 0.3) is 0 Å². The van der Waals surface area contributed by atoms with Crippen molar-refractivity contribution in [2.45, 2.75) is 23.5 Å². The van der Waals surface area contributed by atoms with E-state index in [1.54, 1.807) is 48.6 Å². The van der Waals surface area contributed by atoms with Gasteiger partial charge in [-0.1, -0.05) is 48.0 Å². The number of carbonyl (C=O) groups excluding carboxylic acids is 2. The number of rotatable bonds is 5. The molecule has 1 N–H and O–H groups in total. The molecular formula is C22H20N2O5S. The molecule has 0 saturated carbocycles. The highest BCUT2D eigenvalue weighted by molar-refractivity contribution is 7.89. The van der Waals surface area contributed by atoms with E-state index in [9.17, 15) is 18.0 Å². The van der Waals surface area contributed by atoms with Crippen molar-refractivity contribution in [2.75, 3.05) is 11.4 Å². The Morgan fingerprint density at radius 3 is 2.43 bits per heavy atom. The molecule has 8 heteroatoms. The molecule has 2 saturated heterocycles. The van der Waals surface area contributed by atoms with Gasteiger partial charge in [0.1, 0.15) is 5.60 Å². The zero-order valence-electron chi connectivity index (χ0n) is 16.2. The molecule has 2 amide bonds. The van der Waals surface area contributed by atoms with E-state index in [2.05, 4.69) is 4.72 Å². The molecule has 0 spiro atoms. The minimum atomic E-state index is -3.79. The predicted molar refractivity (Wildman–Crippen MR) is 109 cm³/mol. The number of para-hydroxylation sites is 1. The van der Waals surface area contributed by atoms with Gasteiger partial charge in [-0.2, -0.15) is 0 Å². The monoisotopic (exact) mass is 424 g/mol. The van der Waals surface area contributed by atoms with E-state index in [-0.39, 0.29) is 23.3 Å². The number of nitrogens with zero attached hydrogens (tertiary/aromatic N) is 1. The first kappa shape index (κ1) is 19.2. The molecular weight excluding hydrogens is 404 g/mol. The summed E-state index contributed by atoms with van der Waals surface area (Å²) in [6.07, 6.45) is 2.93. The quantitative estimate of drug-likeness (QED) is 0.584. The van der Waals surface area contributed by atoms with Crippen LogP contribution in [0.2, 0.25) is 0 Å². The average Bonchev–Trinajstić information content (AvgIpc) is 3.38. The van der Waals surface area contributed by atoms with Crippen LogP contribution in [0, 0.1) is 18.8 Å². The van der Waals surface area contributed by atoms with Gasteiger partial charge in [-0.05, 0) is 31.2 Å². The summed E-state index contributed by atoms with van der Waals surface area (Å²) < 4.78 is 34.1. The highest BCUT2D eigenvalue weighted by Crippen LogP contribution is 2.52. The molecule has 30 heavy (non-hydrogen) atoms. The minimum Gasteiger partial charge on any atom is -0.361 e. The van der Waals surface area contributed by atoms with Gasteiger partial charge in [-0.15, -0.1) is 0 Å². The van der Waals surface area contributed by atoms with Gasteiger partial charge < -0.3 is 4.74 Å². The number of anilines is 1. The molecule has 7 nitrogen and oxygen atoms in total. The van der Waals surface area contributed by atoms with Crippen LogP contribution in [0.15, 0.2) is 71.6 Å². The van der Waals surface area contributed by atoms with Crippen LogP contribution in [0.5, 0.6) is 0 Å². The van der Waals surface area contributed by atoms with Crippen molar-refractivity contribution in [1.29, 1.82) is 0 Å². The van der Waals surface area contributed by atoms with Gasteiger partial charge in [0.05, 0.1) is 28.5 Å². The number of fused-ring (bicyclic) bond motifs is 5. The Morgan fingerprint density at radius 2 is 1.73 bits per heavy atom. The molecule has 2 bridgehead atoms. The molecule has 2 aromatic carbocycles. The lowest BCUT2D eigenvalue weighted by atomic mass is 9.77. The number of amides is 2. The second-order valence-corrected chi connectivity index (χ2v) is 9.65. The van der Waals surface area contributed by atoms with Gasteiger partial charge in [-0.3, -0.25) is 9.59 Å². The normalized spacial score (nSPS) is 29.6. The molecule has 5 rings (SSSR count). The van der Waals surface area contributed by atoms with E-state index in [4.69, 9.17) is 4.74 Å². The molecule has 4 atom stereocenters. The van der Waals surface area contributed by atoms with Gasteiger partial charge in [-0.25, -0.2) is 18.0 Å². The van der Waals surface area contributed by atoms with E-state index < -0.39 is 33.6 Å². The molecule has 2 fully saturated rings. The zero-order valence-corrected chi connectivity index (χ0v) is 17.0. The number of benzene rings is 2. The lowest BCUT2D eigenvalue weighted by Crippen LogP contribution is -2.48.